The van der Waals surface area contributed by atoms with E-state index in [-0.39, 0.29) is 12.5 Å². The fraction of sp³-hybridized carbons (Fsp3) is 0.227. The summed E-state index contributed by atoms with van der Waals surface area (Å²) in [6, 6.07) is 19.1. The molecule has 29 heavy (non-hydrogen) atoms. The number of carbonyl (C=O) groups is 2. The molecule has 1 saturated heterocycles. The molecule has 0 bridgehead atoms. The zero-order valence-corrected chi connectivity index (χ0v) is 16.3. The van der Waals surface area contributed by atoms with E-state index in [1.54, 1.807) is 15.6 Å². The molecule has 148 valence electrons. The van der Waals surface area contributed by atoms with Gasteiger partial charge in [-0.15, -0.1) is 0 Å². The van der Waals surface area contributed by atoms with Crippen molar-refractivity contribution in [3.63, 3.8) is 0 Å². The van der Waals surface area contributed by atoms with Crippen LogP contribution < -0.4 is 10.2 Å². The van der Waals surface area contributed by atoms with Gasteiger partial charge >= 0.3 is 6.09 Å². The van der Waals surface area contributed by atoms with Crippen LogP contribution in [0.4, 0.5) is 10.5 Å². The van der Waals surface area contributed by atoms with Crippen LogP contribution in [-0.4, -0.2) is 41.0 Å². The maximum atomic E-state index is 12.5. The van der Waals surface area contributed by atoms with Crippen LogP contribution in [0, 0.1) is 6.92 Å². The minimum atomic E-state index is -0.410. The summed E-state index contributed by atoms with van der Waals surface area (Å²) in [6.45, 7) is 2.64. The van der Waals surface area contributed by atoms with E-state index in [4.69, 9.17) is 4.74 Å². The van der Waals surface area contributed by atoms with Crippen LogP contribution in [0.5, 0.6) is 0 Å². The first-order valence-corrected chi connectivity index (χ1v) is 9.44. The van der Waals surface area contributed by atoms with Crippen molar-refractivity contribution >= 4 is 17.7 Å². The number of aryl methyl sites for hydroxylation is 2. The first kappa shape index (κ1) is 18.7. The summed E-state index contributed by atoms with van der Waals surface area (Å²) in [7, 11) is 1.81. The summed E-state index contributed by atoms with van der Waals surface area (Å²) in [5.74, 6) is -0.298. The summed E-state index contributed by atoms with van der Waals surface area (Å²) in [5, 5.41) is 7.13. The fourth-order valence-corrected chi connectivity index (χ4v) is 3.32. The minimum Gasteiger partial charge on any atom is -0.442 e. The smallest absolute Gasteiger partial charge is 0.414 e. The fourth-order valence-electron chi connectivity index (χ4n) is 3.32. The lowest BCUT2D eigenvalue weighted by Gasteiger charge is -2.12. The van der Waals surface area contributed by atoms with Gasteiger partial charge in [0.05, 0.1) is 18.8 Å². The van der Waals surface area contributed by atoms with Gasteiger partial charge in [0.15, 0.2) is 5.69 Å². The molecule has 4 rings (SSSR count). The standard InChI is InChI=1S/C22H22N4O3/c1-15-8-10-16(11-9-15)20-12-19(24-25(20)2)21(27)23-13-18-14-26(22(28)29-18)17-6-4-3-5-7-17/h3-12,18H,13-14H2,1-2H3,(H,23,27). The number of nitrogens with one attached hydrogen (secondary N) is 1. The number of hydrogen-bond donors (Lipinski definition) is 1. The predicted molar refractivity (Wildman–Crippen MR) is 110 cm³/mol. The van der Waals surface area contributed by atoms with Gasteiger partial charge in [-0.1, -0.05) is 48.0 Å². The number of carbonyl (C=O) groups excluding carboxylic acids is 2. The van der Waals surface area contributed by atoms with Crippen molar-refractivity contribution in [3.05, 3.63) is 71.9 Å². The Morgan fingerprint density at radius 1 is 1.17 bits per heavy atom. The topological polar surface area (TPSA) is 76.5 Å². The van der Waals surface area contributed by atoms with E-state index < -0.39 is 12.2 Å². The summed E-state index contributed by atoms with van der Waals surface area (Å²) in [4.78, 5) is 26.2. The molecule has 0 saturated carbocycles. The third kappa shape index (κ3) is 3.99. The molecule has 0 aliphatic carbocycles. The van der Waals surface area contributed by atoms with E-state index in [9.17, 15) is 9.59 Å². The Kier molecular flexibility index (Phi) is 5.03. The Hall–Kier alpha value is -3.61. The number of cyclic esters (lactones) is 1. The highest BCUT2D eigenvalue weighted by Gasteiger charge is 2.32. The SMILES string of the molecule is Cc1ccc(-c2cc(C(=O)NCC3CN(c4ccccc4)C(=O)O3)nn2C)cc1. The van der Waals surface area contributed by atoms with E-state index in [0.717, 1.165) is 16.9 Å². The second kappa shape index (κ2) is 7.79. The second-order valence-electron chi connectivity index (χ2n) is 7.07. The molecule has 1 fully saturated rings. The van der Waals surface area contributed by atoms with E-state index in [1.807, 2.05) is 68.6 Å². The number of hydrogen-bond acceptors (Lipinski definition) is 4. The Balaban J connectivity index is 1.39. The summed E-state index contributed by atoms with van der Waals surface area (Å²) in [5.41, 5.74) is 4.13. The maximum Gasteiger partial charge on any atom is 0.414 e. The molecule has 0 radical (unpaired) electrons. The molecule has 3 aromatic rings. The third-order valence-corrected chi connectivity index (χ3v) is 4.89. The van der Waals surface area contributed by atoms with Gasteiger partial charge in [-0.3, -0.25) is 14.4 Å². The zero-order valence-electron chi connectivity index (χ0n) is 16.3. The van der Waals surface area contributed by atoms with Gasteiger partial charge in [-0.05, 0) is 30.7 Å². The van der Waals surface area contributed by atoms with Crippen LogP contribution in [-0.2, 0) is 11.8 Å². The minimum absolute atomic E-state index is 0.227. The Bertz CT molecular complexity index is 1030. The lowest BCUT2D eigenvalue weighted by Crippen LogP contribution is -2.34. The molecule has 1 aliphatic heterocycles. The molecule has 2 amide bonds. The van der Waals surface area contributed by atoms with Crippen molar-refractivity contribution in [2.75, 3.05) is 18.0 Å². The highest BCUT2D eigenvalue weighted by atomic mass is 16.6. The highest BCUT2D eigenvalue weighted by molar-refractivity contribution is 5.94. The monoisotopic (exact) mass is 390 g/mol. The van der Waals surface area contributed by atoms with Crippen molar-refractivity contribution in [1.82, 2.24) is 15.1 Å². The molecule has 1 unspecified atom stereocenters. The number of anilines is 1. The molecule has 2 heterocycles. The highest BCUT2D eigenvalue weighted by Crippen LogP contribution is 2.22. The molecule has 2 aromatic carbocycles. The van der Waals surface area contributed by atoms with Gasteiger partial charge in [0.2, 0.25) is 0 Å². The van der Waals surface area contributed by atoms with E-state index in [1.165, 1.54) is 5.56 Å². The first-order valence-electron chi connectivity index (χ1n) is 9.44. The van der Waals surface area contributed by atoms with Crippen LogP contribution in [0.2, 0.25) is 0 Å². The van der Waals surface area contributed by atoms with Crippen LogP contribution in [0.1, 0.15) is 16.1 Å². The zero-order chi connectivity index (χ0) is 20.4. The average molecular weight is 390 g/mol. The van der Waals surface area contributed by atoms with Crippen molar-refractivity contribution in [1.29, 1.82) is 0 Å². The summed E-state index contributed by atoms with van der Waals surface area (Å²) in [6.07, 6.45) is -0.818. The lowest BCUT2D eigenvalue weighted by molar-refractivity contribution is 0.0910. The number of ether oxygens (including phenoxy) is 1. The Morgan fingerprint density at radius 3 is 2.62 bits per heavy atom. The molecule has 1 atom stereocenters. The molecule has 1 aliphatic rings. The molecular weight excluding hydrogens is 368 g/mol. The van der Waals surface area contributed by atoms with E-state index in [0.29, 0.717) is 12.2 Å². The second-order valence-corrected chi connectivity index (χ2v) is 7.07. The summed E-state index contributed by atoms with van der Waals surface area (Å²) >= 11 is 0. The predicted octanol–water partition coefficient (Wildman–Crippen LogP) is 3.15. The van der Waals surface area contributed by atoms with Gasteiger partial charge in [0, 0.05) is 12.7 Å². The quantitative estimate of drug-likeness (QED) is 0.726. The van der Waals surface area contributed by atoms with E-state index >= 15 is 0 Å². The van der Waals surface area contributed by atoms with Crippen molar-refractivity contribution in [3.8, 4) is 11.3 Å². The van der Waals surface area contributed by atoms with Gasteiger partial charge in [-0.25, -0.2) is 4.79 Å². The van der Waals surface area contributed by atoms with Crippen molar-refractivity contribution < 1.29 is 14.3 Å². The van der Waals surface area contributed by atoms with Crippen molar-refractivity contribution in [2.24, 2.45) is 7.05 Å². The first-order chi connectivity index (χ1) is 14.0. The van der Waals surface area contributed by atoms with Gasteiger partial charge in [0.1, 0.15) is 6.10 Å². The third-order valence-electron chi connectivity index (χ3n) is 4.89. The molecule has 0 spiro atoms. The number of nitrogens with zero attached hydrogens (tertiary/aromatic N) is 3. The van der Waals surface area contributed by atoms with Crippen LogP contribution in [0.15, 0.2) is 60.7 Å². The molecule has 7 heteroatoms. The normalized spacial score (nSPS) is 16.0. The molecule has 1 aromatic heterocycles. The summed E-state index contributed by atoms with van der Waals surface area (Å²) < 4.78 is 7.06. The van der Waals surface area contributed by atoms with Gasteiger partial charge < -0.3 is 10.1 Å². The van der Waals surface area contributed by atoms with Gasteiger partial charge in [0.25, 0.3) is 5.91 Å². The van der Waals surface area contributed by atoms with Gasteiger partial charge in [-0.2, -0.15) is 5.10 Å². The number of amides is 2. The number of aromatic nitrogens is 2. The molecular formula is C22H22N4O3. The van der Waals surface area contributed by atoms with Crippen LogP contribution in [0.3, 0.4) is 0 Å². The lowest BCUT2D eigenvalue weighted by atomic mass is 10.1. The number of benzene rings is 2. The van der Waals surface area contributed by atoms with Crippen LogP contribution >= 0.6 is 0 Å². The largest absolute Gasteiger partial charge is 0.442 e. The Labute approximate surface area is 168 Å². The number of para-hydroxylation sites is 1. The number of rotatable bonds is 5. The van der Waals surface area contributed by atoms with Crippen molar-refractivity contribution in [2.45, 2.75) is 13.0 Å². The van der Waals surface area contributed by atoms with Crippen LogP contribution in [0.25, 0.3) is 11.3 Å². The molecule has 7 nitrogen and oxygen atoms in total. The molecule has 1 N–H and O–H groups in total. The average Bonchev–Trinajstić information content (AvgIpc) is 3.30. The Morgan fingerprint density at radius 2 is 1.90 bits per heavy atom. The van der Waals surface area contributed by atoms with E-state index in [2.05, 4.69) is 10.4 Å². The maximum absolute atomic E-state index is 12.5.